The van der Waals surface area contributed by atoms with Gasteiger partial charge in [0.1, 0.15) is 0 Å². The van der Waals surface area contributed by atoms with E-state index in [1.54, 1.807) is 36.4 Å². The van der Waals surface area contributed by atoms with Crippen molar-refractivity contribution in [2.45, 2.75) is 43.5 Å². The number of hydrogen-bond donors (Lipinski definition) is 1. The summed E-state index contributed by atoms with van der Waals surface area (Å²) in [6.07, 6.45) is 3.54. The molecule has 0 saturated heterocycles. The number of nitrogens with zero attached hydrogens (tertiary/aromatic N) is 2. The predicted octanol–water partition coefficient (Wildman–Crippen LogP) is 3.68. The average Bonchev–Trinajstić information content (AvgIpc) is 3.01. The smallest absolute Gasteiger partial charge is 0.243 e. The molecule has 1 aliphatic heterocycles. The van der Waals surface area contributed by atoms with Gasteiger partial charge in [0, 0.05) is 35.4 Å². The molecule has 1 atom stereocenters. The number of sulfonamides is 1. The Hall–Kier alpha value is -2.42. The maximum Gasteiger partial charge on any atom is 0.243 e. The summed E-state index contributed by atoms with van der Waals surface area (Å²) >= 11 is 5.92. The number of anilines is 2. The molecule has 0 spiro atoms. The fraction of sp³-hybridized carbons (Fsp3) is 0.391. The molecule has 2 aromatic rings. The number of rotatable bonds is 6. The molecule has 32 heavy (non-hydrogen) atoms. The van der Waals surface area contributed by atoms with E-state index in [-0.39, 0.29) is 29.3 Å². The predicted molar refractivity (Wildman–Crippen MR) is 124 cm³/mol. The van der Waals surface area contributed by atoms with Crippen LogP contribution in [0, 0.1) is 5.92 Å². The molecule has 2 amide bonds. The Kier molecular flexibility index (Phi) is 6.29. The highest BCUT2D eigenvalue weighted by Gasteiger charge is 2.37. The minimum absolute atomic E-state index is 0.00254. The van der Waals surface area contributed by atoms with Crippen LogP contribution < -0.4 is 10.2 Å². The minimum Gasteiger partial charge on any atom is -0.325 e. The second kappa shape index (κ2) is 8.84. The zero-order valence-corrected chi connectivity index (χ0v) is 19.6. The van der Waals surface area contributed by atoms with Crippen molar-refractivity contribution in [2.24, 2.45) is 5.92 Å². The highest BCUT2D eigenvalue weighted by Crippen LogP contribution is 2.38. The average molecular weight is 476 g/mol. The van der Waals surface area contributed by atoms with Gasteiger partial charge in [-0.2, -0.15) is 4.31 Å². The third-order valence-electron chi connectivity index (χ3n) is 6.14. The maximum atomic E-state index is 13.1. The van der Waals surface area contributed by atoms with Crippen LogP contribution in [0.4, 0.5) is 11.4 Å². The lowest BCUT2D eigenvalue weighted by molar-refractivity contribution is -0.125. The van der Waals surface area contributed by atoms with Gasteiger partial charge in [-0.25, -0.2) is 8.42 Å². The number of amides is 2. The molecule has 2 aliphatic rings. The molecule has 0 unspecified atom stereocenters. The van der Waals surface area contributed by atoms with Crippen molar-refractivity contribution < 1.29 is 18.0 Å². The monoisotopic (exact) mass is 475 g/mol. The first-order valence-corrected chi connectivity index (χ1v) is 12.5. The normalized spacial score (nSPS) is 18.4. The molecule has 4 rings (SSSR count). The van der Waals surface area contributed by atoms with Crippen molar-refractivity contribution in [2.75, 3.05) is 23.8 Å². The molecule has 0 bridgehead atoms. The van der Waals surface area contributed by atoms with E-state index in [2.05, 4.69) is 5.32 Å². The van der Waals surface area contributed by atoms with Gasteiger partial charge in [-0.05, 0) is 68.1 Å². The molecule has 0 radical (unpaired) electrons. The third kappa shape index (κ3) is 4.40. The first-order chi connectivity index (χ1) is 15.2. The summed E-state index contributed by atoms with van der Waals surface area (Å²) in [7, 11) is -2.51. The van der Waals surface area contributed by atoms with Crippen molar-refractivity contribution in [1.29, 1.82) is 0 Å². The molecular weight excluding hydrogens is 450 g/mol. The lowest BCUT2D eigenvalue weighted by atomic mass is 9.84. The number of fused-ring (bicyclic) bond motifs is 1. The Labute approximate surface area is 193 Å². The van der Waals surface area contributed by atoms with E-state index in [1.165, 1.54) is 13.1 Å². The summed E-state index contributed by atoms with van der Waals surface area (Å²) in [4.78, 5) is 27.1. The van der Waals surface area contributed by atoms with Crippen molar-refractivity contribution in [3.8, 4) is 0 Å². The van der Waals surface area contributed by atoms with Gasteiger partial charge in [-0.1, -0.05) is 24.1 Å². The van der Waals surface area contributed by atoms with Gasteiger partial charge in [0.05, 0.1) is 11.4 Å². The highest BCUT2D eigenvalue weighted by molar-refractivity contribution is 7.89. The topological polar surface area (TPSA) is 86.8 Å². The Morgan fingerprint density at radius 3 is 2.59 bits per heavy atom. The van der Waals surface area contributed by atoms with Crippen LogP contribution in [0.1, 0.15) is 31.7 Å². The number of nitrogens with one attached hydrogen (secondary N) is 1. The zero-order valence-electron chi connectivity index (χ0n) is 18.0. The summed E-state index contributed by atoms with van der Waals surface area (Å²) in [6.45, 7) is 1.64. The third-order valence-corrected chi connectivity index (χ3v) is 8.18. The maximum absolute atomic E-state index is 13.1. The van der Waals surface area contributed by atoms with Gasteiger partial charge in [-0.15, -0.1) is 0 Å². The number of benzene rings is 2. The molecule has 1 aliphatic carbocycles. The standard InChI is InChI=1S/C23H26ClN3O4S/c1-15-11-17-12-20(9-10-21(17)27(15)23(29)16-5-3-6-16)32(30,31)26(2)14-22(28)25-19-8-4-7-18(24)13-19/h4,7-10,12-13,15-16H,3,5-6,11,14H2,1-2H3,(H,25,28)/t15-/m0/s1. The lowest BCUT2D eigenvalue weighted by Gasteiger charge is -2.32. The SMILES string of the molecule is C[C@H]1Cc2cc(S(=O)(=O)N(C)CC(=O)Nc3cccc(Cl)c3)ccc2N1C(=O)C1CCC1. The van der Waals surface area contributed by atoms with Crippen molar-refractivity contribution in [1.82, 2.24) is 4.31 Å². The molecule has 170 valence electrons. The number of carbonyl (C=O) groups excluding carboxylic acids is 2. The summed E-state index contributed by atoms with van der Waals surface area (Å²) < 4.78 is 27.2. The Morgan fingerprint density at radius 1 is 1.19 bits per heavy atom. The number of hydrogen-bond acceptors (Lipinski definition) is 4. The van der Waals surface area contributed by atoms with Crippen LogP contribution in [0.3, 0.4) is 0 Å². The van der Waals surface area contributed by atoms with E-state index in [0.29, 0.717) is 17.1 Å². The van der Waals surface area contributed by atoms with E-state index in [0.717, 1.165) is 34.8 Å². The van der Waals surface area contributed by atoms with Crippen molar-refractivity contribution in [3.63, 3.8) is 0 Å². The van der Waals surface area contributed by atoms with Crippen LogP contribution >= 0.6 is 11.6 Å². The first-order valence-electron chi connectivity index (χ1n) is 10.6. The molecule has 7 nitrogen and oxygen atoms in total. The van der Waals surface area contributed by atoms with E-state index >= 15 is 0 Å². The van der Waals surface area contributed by atoms with Gasteiger partial charge in [0.15, 0.2) is 0 Å². The van der Waals surface area contributed by atoms with Gasteiger partial charge in [-0.3, -0.25) is 9.59 Å². The number of likely N-dealkylation sites (N-methyl/N-ethyl adjacent to an activating group) is 1. The van der Waals surface area contributed by atoms with E-state index < -0.39 is 15.9 Å². The second-order valence-corrected chi connectivity index (χ2v) is 11.0. The quantitative estimate of drug-likeness (QED) is 0.690. The molecule has 0 aromatic heterocycles. The Balaban J connectivity index is 1.48. The van der Waals surface area contributed by atoms with Crippen LogP contribution in [0.5, 0.6) is 0 Å². The molecule has 2 aromatic carbocycles. The van der Waals surface area contributed by atoms with Crippen LogP contribution in [0.25, 0.3) is 0 Å². The van der Waals surface area contributed by atoms with Gasteiger partial charge >= 0.3 is 0 Å². The second-order valence-electron chi connectivity index (χ2n) is 8.50. The van der Waals surface area contributed by atoms with Gasteiger partial charge in [0.2, 0.25) is 21.8 Å². The van der Waals surface area contributed by atoms with Gasteiger partial charge < -0.3 is 10.2 Å². The highest BCUT2D eigenvalue weighted by atomic mass is 35.5. The number of carbonyl (C=O) groups is 2. The molecule has 1 fully saturated rings. The molecular formula is C23H26ClN3O4S. The molecule has 1 N–H and O–H groups in total. The first kappa shape index (κ1) is 22.8. The fourth-order valence-corrected chi connectivity index (χ4v) is 5.56. The van der Waals surface area contributed by atoms with E-state index in [1.807, 2.05) is 11.8 Å². The lowest BCUT2D eigenvalue weighted by Crippen LogP contribution is -2.42. The van der Waals surface area contributed by atoms with Gasteiger partial charge in [0.25, 0.3) is 0 Å². The summed E-state index contributed by atoms with van der Waals surface area (Å²) in [5, 5.41) is 3.12. The van der Waals surface area contributed by atoms with Crippen molar-refractivity contribution >= 4 is 44.8 Å². The number of halogens is 1. The van der Waals surface area contributed by atoms with Crippen LogP contribution in [0.15, 0.2) is 47.4 Å². The van der Waals surface area contributed by atoms with Crippen LogP contribution in [0.2, 0.25) is 5.02 Å². The molecule has 1 saturated carbocycles. The minimum atomic E-state index is -3.88. The molecule has 1 heterocycles. The van der Waals surface area contributed by atoms with E-state index in [9.17, 15) is 18.0 Å². The van der Waals surface area contributed by atoms with Crippen molar-refractivity contribution in [3.05, 3.63) is 53.1 Å². The van der Waals surface area contributed by atoms with Crippen LogP contribution in [-0.4, -0.2) is 44.2 Å². The Morgan fingerprint density at radius 2 is 1.94 bits per heavy atom. The molecule has 9 heteroatoms. The summed E-state index contributed by atoms with van der Waals surface area (Å²) in [5.74, 6) is -0.255. The largest absolute Gasteiger partial charge is 0.325 e. The fourth-order valence-electron chi connectivity index (χ4n) is 4.19. The van der Waals surface area contributed by atoms with Crippen LogP contribution in [-0.2, 0) is 26.0 Å². The van der Waals surface area contributed by atoms with E-state index in [4.69, 9.17) is 11.6 Å². The Bertz CT molecular complexity index is 1160. The zero-order chi connectivity index (χ0) is 23.0. The summed E-state index contributed by atoms with van der Waals surface area (Å²) in [6, 6.07) is 11.5. The summed E-state index contributed by atoms with van der Waals surface area (Å²) in [5.41, 5.74) is 2.12.